The quantitative estimate of drug-likeness (QED) is 0.633. The second-order valence-corrected chi connectivity index (χ2v) is 8.76. The third kappa shape index (κ3) is 4.98. The zero-order chi connectivity index (χ0) is 19.4. The van der Waals surface area contributed by atoms with Gasteiger partial charge in [-0.15, -0.1) is 0 Å². The topological polar surface area (TPSA) is 47.4 Å². The van der Waals surface area contributed by atoms with E-state index in [0.717, 1.165) is 34.9 Å². The maximum atomic E-state index is 12.7. The minimum absolute atomic E-state index is 0.169. The number of thioether (sulfide) groups is 1. The molecule has 0 saturated heterocycles. The summed E-state index contributed by atoms with van der Waals surface area (Å²) in [6.07, 6.45) is 4.64. The predicted octanol–water partition coefficient (Wildman–Crippen LogP) is 4.47. The Kier molecular flexibility index (Phi) is 7.06. The van der Waals surface area contributed by atoms with Gasteiger partial charge >= 0.3 is 0 Å². The fraction of sp³-hybridized carbons (Fsp3) is 0.600. The number of carbonyl (C=O) groups is 1. The SMILES string of the molecule is COCCn1c(SCC(=O)N(C)C2CCC(C)CC2)nc2cc(Cl)ccc21. The predicted molar refractivity (Wildman–Crippen MR) is 112 cm³/mol. The van der Waals surface area contributed by atoms with Crippen LogP contribution in [0, 0.1) is 5.92 Å². The van der Waals surface area contributed by atoms with Gasteiger partial charge in [-0.3, -0.25) is 4.79 Å². The molecule has 1 aliphatic rings. The highest BCUT2D eigenvalue weighted by molar-refractivity contribution is 7.99. The van der Waals surface area contributed by atoms with Crippen LogP contribution in [0.25, 0.3) is 11.0 Å². The molecule has 0 radical (unpaired) electrons. The van der Waals surface area contributed by atoms with Crippen LogP contribution in [-0.4, -0.2) is 52.9 Å². The van der Waals surface area contributed by atoms with E-state index in [2.05, 4.69) is 11.5 Å². The van der Waals surface area contributed by atoms with Gasteiger partial charge in [-0.25, -0.2) is 4.98 Å². The third-order valence-electron chi connectivity index (χ3n) is 5.45. The Morgan fingerprint density at radius 1 is 1.37 bits per heavy atom. The first kappa shape index (κ1) is 20.5. The number of methoxy groups -OCH3 is 1. The first-order valence-electron chi connectivity index (χ1n) is 9.52. The normalized spacial score (nSPS) is 20.1. The number of fused-ring (bicyclic) bond motifs is 1. The Bertz CT molecular complexity index is 787. The molecule has 0 atom stereocenters. The summed E-state index contributed by atoms with van der Waals surface area (Å²) in [5.41, 5.74) is 1.86. The number of aromatic nitrogens is 2. The van der Waals surface area contributed by atoms with Crippen molar-refractivity contribution < 1.29 is 9.53 Å². The van der Waals surface area contributed by atoms with E-state index in [4.69, 9.17) is 21.3 Å². The number of benzene rings is 1. The van der Waals surface area contributed by atoms with Crippen molar-refractivity contribution in [2.75, 3.05) is 26.5 Å². The molecule has 0 N–H and O–H groups in total. The van der Waals surface area contributed by atoms with Gasteiger partial charge in [-0.05, 0) is 49.8 Å². The molecule has 1 aromatic carbocycles. The van der Waals surface area contributed by atoms with Crippen LogP contribution in [0.5, 0.6) is 0 Å². The Hall–Kier alpha value is -1.24. The van der Waals surface area contributed by atoms with Gasteiger partial charge in [0.05, 0.1) is 23.4 Å². The molecule has 0 spiro atoms. The van der Waals surface area contributed by atoms with E-state index in [9.17, 15) is 4.79 Å². The number of hydrogen-bond donors (Lipinski definition) is 0. The van der Waals surface area contributed by atoms with Crippen LogP contribution in [0.15, 0.2) is 23.4 Å². The summed E-state index contributed by atoms with van der Waals surface area (Å²) in [5, 5.41) is 1.50. The fourth-order valence-corrected chi connectivity index (χ4v) is 4.78. The lowest BCUT2D eigenvalue weighted by molar-refractivity contribution is -0.129. The highest BCUT2D eigenvalue weighted by atomic mass is 35.5. The molecule has 0 aliphatic heterocycles. The largest absolute Gasteiger partial charge is 0.383 e. The van der Waals surface area contributed by atoms with Crippen molar-refractivity contribution in [1.29, 1.82) is 0 Å². The fourth-order valence-electron chi connectivity index (χ4n) is 3.65. The minimum Gasteiger partial charge on any atom is -0.383 e. The standard InChI is InChI=1S/C20H28ClN3O2S/c1-14-4-7-16(8-5-14)23(2)19(25)13-27-20-22-17-12-15(21)6-9-18(17)24(20)10-11-26-3/h6,9,12,14,16H,4-5,7-8,10-11,13H2,1-3H3. The number of amides is 1. The van der Waals surface area contributed by atoms with Crippen molar-refractivity contribution >= 4 is 40.3 Å². The smallest absolute Gasteiger partial charge is 0.233 e. The molecule has 3 rings (SSSR count). The van der Waals surface area contributed by atoms with Crippen LogP contribution in [0.1, 0.15) is 32.6 Å². The van der Waals surface area contributed by atoms with E-state index in [0.29, 0.717) is 30.0 Å². The van der Waals surface area contributed by atoms with Crippen molar-refractivity contribution in [1.82, 2.24) is 14.5 Å². The van der Waals surface area contributed by atoms with Crippen LogP contribution in [0.4, 0.5) is 0 Å². The van der Waals surface area contributed by atoms with Crippen LogP contribution < -0.4 is 0 Å². The summed E-state index contributed by atoms with van der Waals surface area (Å²) >= 11 is 7.60. The number of carbonyl (C=O) groups excluding carboxylic acids is 1. The van der Waals surface area contributed by atoms with Crippen LogP contribution in [-0.2, 0) is 16.1 Å². The van der Waals surface area contributed by atoms with Gasteiger partial charge in [0.2, 0.25) is 5.91 Å². The Balaban J connectivity index is 1.69. The van der Waals surface area contributed by atoms with Gasteiger partial charge in [0.25, 0.3) is 0 Å². The summed E-state index contributed by atoms with van der Waals surface area (Å²) in [6.45, 7) is 3.59. The van der Waals surface area contributed by atoms with Crippen molar-refractivity contribution in [3.8, 4) is 0 Å². The van der Waals surface area contributed by atoms with Gasteiger partial charge in [0.15, 0.2) is 5.16 Å². The van der Waals surface area contributed by atoms with E-state index in [1.807, 2.05) is 30.1 Å². The molecule has 7 heteroatoms. The average molecular weight is 410 g/mol. The molecule has 1 aromatic heterocycles. The molecule has 0 bridgehead atoms. The summed E-state index contributed by atoms with van der Waals surface area (Å²) in [6, 6.07) is 6.08. The first-order chi connectivity index (χ1) is 13.0. The average Bonchev–Trinajstić information content (AvgIpc) is 3.00. The van der Waals surface area contributed by atoms with Gasteiger partial charge in [0.1, 0.15) is 0 Å². The van der Waals surface area contributed by atoms with Crippen molar-refractivity contribution in [2.24, 2.45) is 5.92 Å². The van der Waals surface area contributed by atoms with Gasteiger partial charge in [-0.2, -0.15) is 0 Å². The lowest BCUT2D eigenvalue weighted by atomic mass is 9.87. The summed E-state index contributed by atoms with van der Waals surface area (Å²) < 4.78 is 7.34. The van der Waals surface area contributed by atoms with E-state index in [1.165, 1.54) is 24.6 Å². The van der Waals surface area contributed by atoms with Gasteiger partial charge in [-0.1, -0.05) is 30.3 Å². The second-order valence-electron chi connectivity index (χ2n) is 7.38. The van der Waals surface area contributed by atoms with Crippen LogP contribution in [0.2, 0.25) is 5.02 Å². The minimum atomic E-state index is 0.169. The highest BCUT2D eigenvalue weighted by Gasteiger charge is 2.25. The number of halogens is 1. The lowest BCUT2D eigenvalue weighted by Gasteiger charge is -2.33. The Labute approximate surface area is 170 Å². The molecular formula is C20H28ClN3O2S. The number of nitrogens with zero attached hydrogens (tertiary/aromatic N) is 3. The maximum Gasteiger partial charge on any atom is 0.233 e. The molecule has 1 fully saturated rings. The lowest BCUT2D eigenvalue weighted by Crippen LogP contribution is -2.40. The molecule has 148 valence electrons. The Morgan fingerprint density at radius 3 is 2.81 bits per heavy atom. The second kappa shape index (κ2) is 9.30. The first-order valence-corrected chi connectivity index (χ1v) is 10.9. The molecule has 1 aliphatic carbocycles. The zero-order valence-electron chi connectivity index (χ0n) is 16.3. The molecule has 5 nitrogen and oxygen atoms in total. The molecule has 2 aromatic rings. The number of rotatable bonds is 7. The molecule has 1 saturated carbocycles. The Morgan fingerprint density at radius 2 is 2.11 bits per heavy atom. The van der Waals surface area contributed by atoms with Crippen molar-refractivity contribution in [2.45, 2.75) is 50.4 Å². The molecular weight excluding hydrogens is 382 g/mol. The monoisotopic (exact) mass is 409 g/mol. The van der Waals surface area contributed by atoms with Crippen LogP contribution in [0.3, 0.4) is 0 Å². The number of imidazole rings is 1. The number of ether oxygens (including phenoxy) is 1. The van der Waals surface area contributed by atoms with E-state index in [1.54, 1.807) is 7.11 Å². The maximum absolute atomic E-state index is 12.7. The van der Waals surface area contributed by atoms with E-state index >= 15 is 0 Å². The molecule has 1 amide bonds. The van der Waals surface area contributed by atoms with Crippen molar-refractivity contribution in [3.63, 3.8) is 0 Å². The summed E-state index contributed by atoms with van der Waals surface area (Å²) in [4.78, 5) is 19.4. The summed E-state index contributed by atoms with van der Waals surface area (Å²) in [5.74, 6) is 1.35. The zero-order valence-corrected chi connectivity index (χ0v) is 17.9. The molecule has 0 unspecified atom stereocenters. The summed E-state index contributed by atoms with van der Waals surface area (Å²) in [7, 11) is 3.63. The molecule has 27 heavy (non-hydrogen) atoms. The third-order valence-corrected chi connectivity index (χ3v) is 6.64. The van der Waals surface area contributed by atoms with Gasteiger partial charge in [0, 0.05) is 31.8 Å². The van der Waals surface area contributed by atoms with E-state index < -0.39 is 0 Å². The van der Waals surface area contributed by atoms with E-state index in [-0.39, 0.29) is 5.91 Å². The van der Waals surface area contributed by atoms with Crippen LogP contribution >= 0.6 is 23.4 Å². The number of hydrogen-bond acceptors (Lipinski definition) is 4. The van der Waals surface area contributed by atoms with Gasteiger partial charge < -0.3 is 14.2 Å². The van der Waals surface area contributed by atoms with Crippen molar-refractivity contribution in [3.05, 3.63) is 23.2 Å². The highest BCUT2D eigenvalue weighted by Crippen LogP contribution is 2.29. The molecule has 1 heterocycles.